The molecule has 3 aromatic carbocycles. The zero-order chi connectivity index (χ0) is 32.4. The number of aliphatic hydroxyl groups excluding tert-OH is 8. The average molecular weight is 627 g/mol. The van der Waals surface area contributed by atoms with Crippen LogP contribution in [0.15, 0.2) is 66.7 Å². The van der Waals surface area contributed by atoms with E-state index in [9.17, 15) is 45.6 Å². The first-order valence-electron chi connectivity index (χ1n) is 14.6. The second-order valence-corrected chi connectivity index (χ2v) is 11.4. The van der Waals surface area contributed by atoms with E-state index in [-0.39, 0.29) is 6.42 Å². The maximum Gasteiger partial charge on any atom is 0.310 e. The van der Waals surface area contributed by atoms with Gasteiger partial charge in [0.1, 0.15) is 61.0 Å². The molecule has 3 aromatic rings. The smallest absolute Gasteiger partial charge is 0.310 e. The monoisotopic (exact) mass is 626 g/mol. The van der Waals surface area contributed by atoms with Gasteiger partial charge in [-0.2, -0.15) is 0 Å². The summed E-state index contributed by atoms with van der Waals surface area (Å²) in [6.45, 7) is -1.10. The first-order chi connectivity index (χ1) is 21.6. The Hall–Kier alpha value is -3.27. The normalized spacial score (nSPS) is 31.8. The highest BCUT2D eigenvalue weighted by Crippen LogP contribution is 2.37. The van der Waals surface area contributed by atoms with Crippen molar-refractivity contribution in [3.05, 3.63) is 83.4 Å². The van der Waals surface area contributed by atoms with Crippen molar-refractivity contribution < 1.29 is 59.9 Å². The molecule has 0 saturated carbocycles. The summed E-state index contributed by atoms with van der Waals surface area (Å²) in [5.74, 6) is -0.478. The molecule has 0 spiro atoms. The Labute approximate surface area is 259 Å². The van der Waals surface area contributed by atoms with Crippen molar-refractivity contribution in [2.45, 2.75) is 67.5 Å². The Kier molecular flexibility index (Phi) is 10.3. The van der Waals surface area contributed by atoms with Gasteiger partial charge in [-0.25, -0.2) is 0 Å². The highest BCUT2D eigenvalue weighted by Gasteiger charge is 2.45. The molecule has 0 aromatic heterocycles. The molecule has 12 heteroatoms. The molecule has 0 unspecified atom stereocenters. The first-order valence-corrected chi connectivity index (χ1v) is 14.6. The number of hydrogen-bond donors (Lipinski definition) is 8. The molecule has 2 aliphatic heterocycles. The minimum atomic E-state index is -1.53. The molecule has 10 atom stereocenters. The van der Waals surface area contributed by atoms with Crippen LogP contribution in [-0.2, 0) is 25.4 Å². The van der Waals surface area contributed by atoms with Gasteiger partial charge in [0, 0.05) is 0 Å². The van der Waals surface area contributed by atoms with Crippen LogP contribution in [-0.4, -0.2) is 116 Å². The van der Waals surface area contributed by atoms with E-state index < -0.39 is 80.2 Å². The van der Waals surface area contributed by atoms with E-state index in [1.165, 1.54) is 7.11 Å². The summed E-state index contributed by atoms with van der Waals surface area (Å²) in [4.78, 5) is 12.5. The fraction of sp³-hybridized carbons (Fsp3) is 0.424. The molecule has 5 rings (SSSR count). The second kappa shape index (κ2) is 14.0. The lowest BCUT2D eigenvalue weighted by atomic mass is 9.88. The fourth-order valence-electron chi connectivity index (χ4n) is 5.96. The molecule has 0 bridgehead atoms. The molecule has 12 nitrogen and oxygen atoms in total. The summed E-state index contributed by atoms with van der Waals surface area (Å²) in [5.41, 5.74) is 4.39. The Morgan fingerprint density at radius 2 is 1.13 bits per heavy atom. The van der Waals surface area contributed by atoms with Gasteiger partial charge in [-0.15, -0.1) is 0 Å². The third-order valence-electron chi connectivity index (χ3n) is 8.53. The molecule has 2 aliphatic rings. The SMILES string of the molecule is COC(=O)Cc1cc(-c2cccc([C@H]3O[C@H](CO)[C@@H](O)[C@H](O)[C@@H]3O)c2)ccc1-c1cccc([C@H]2O[C@H](CO)[C@@H](O)[C@H](O)[C@@H]2O)c1. The lowest BCUT2D eigenvalue weighted by molar-refractivity contribution is -0.231. The zero-order valence-electron chi connectivity index (χ0n) is 24.5. The number of ether oxygens (including phenoxy) is 3. The van der Waals surface area contributed by atoms with E-state index in [0.29, 0.717) is 38.9 Å². The van der Waals surface area contributed by atoms with Gasteiger partial charge < -0.3 is 55.1 Å². The van der Waals surface area contributed by atoms with E-state index in [4.69, 9.17) is 14.2 Å². The highest BCUT2D eigenvalue weighted by atomic mass is 16.6. The van der Waals surface area contributed by atoms with Gasteiger partial charge in [0.2, 0.25) is 0 Å². The maximum atomic E-state index is 12.5. The Morgan fingerprint density at radius 3 is 1.64 bits per heavy atom. The summed E-state index contributed by atoms with van der Waals surface area (Å²) < 4.78 is 16.4. The average Bonchev–Trinajstić information content (AvgIpc) is 3.06. The van der Waals surface area contributed by atoms with Crippen molar-refractivity contribution in [3.63, 3.8) is 0 Å². The van der Waals surface area contributed by atoms with Gasteiger partial charge in [-0.3, -0.25) is 4.79 Å². The van der Waals surface area contributed by atoms with E-state index >= 15 is 0 Å². The number of aliphatic hydroxyl groups is 8. The van der Waals surface area contributed by atoms with Crippen LogP contribution in [0.5, 0.6) is 0 Å². The minimum Gasteiger partial charge on any atom is -0.469 e. The summed E-state index contributed by atoms with van der Waals surface area (Å²) in [5, 5.41) is 81.4. The third-order valence-corrected chi connectivity index (χ3v) is 8.53. The zero-order valence-corrected chi connectivity index (χ0v) is 24.5. The van der Waals surface area contributed by atoms with E-state index in [0.717, 1.165) is 0 Å². The molecule has 2 fully saturated rings. The first kappa shape index (κ1) is 33.1. The molecule has 8 N–H and O–H groups in total. The van der Waals surface area contributed by atoms with E-state index in [1.807, 2.05) is 30.3 Å². The predicted octanol–water partition coefficient (Wildman–Crippen LogP) is -0.234. The molecular weight excluding hydrogens is 588 g/mol. The van der Waals surface area contributed by atoms with Crippen LogP contribution in [0, 0.1) is 0 Å². The van der Waals surface area contributed by atoms with Crippen LogP contribution in [0.1, 0.15) is 28.9 Å². The van der Waals surface area contributed by atoms with Crippen LogP contribution < -0.4 is 0 Å². The van der Waals surface area contributed by atoms with Gasteiger partial charge in [-0.05, 0) is 57.1 Å². The second-order valence-electron chi connectivity index (χ2n) is 11.4. The Bertz CT molecular complexity index is 1480. The van der Waals surface area contributed by atoms with Gasteiger partial charge in [0.15, 0.2) is 0 Å². The van der Waals surface area contributed by atoms with Crippen molar-refractivity contribution in [2.75, 3.05) is 20.3 Å². The topological polar surface area (TPSA) is 207 Å². The lowest BCUT2D eigenvalue weighted by Gasteiger charge is -2.40. The standard InChI is InChI=1S/C33H38O12/c1-43-25(36)13-21-11-17(16-4-2-6-19(10-16)32-30(41)28(39)26(37)23(14-34)44-32)8-9-22(21)18-5-3-7-20(12-18)33-31(42)29(40)27(38)24(15-35)45-33/h2-12,23-24,26-35,37-42H,13-15H2,1H3/t23-,24-,26-,27-,28+,29+,30+,31+,32-,33-/m1/s1. The van der Waals surface area contributed by atoms with Crippen LogP contribution in [0.25, 0.3) is 22.3 Å². The van der Waals surface area contributed by atoms with Gasteiger partial charge in [-0.1, -0.05) is 48.5 Å². The molecule has 242 valence electrons. The molecule has 2 heterocycles. The summed E-state index contributed by atoms with van der Waals surface area (Å²) in [6, 6.07) is 19.5. The number of esters is 1. The number of carbonyl (C=O) groups excluding carboxylic acids is 1. The van der Waals surface area contributed by atoms with Gasteiger partial charge >= 0.3 is 5.97 Å². The van der Waals surface area contributed by atoms with Gasteiger partial charge in [0.25, 0.3) is 0 Å². The van der Waals surface area contributed by atoms with Crippen LogP contribution in [0.4, 0.5) is 0 Å². The van der Waals surface area contributed by atoms with Crippen LogP contribution in [0.2, 0.25) is 0 Å². The van der Waals surface area contributed by atoms with Crippen molar-refractivity contribution in [3.8, 4) is 22.3 Å². The number of hydrogen-bond acceptors (Lipinski definition) is 12. The number of rotatable bonds is 8. The lowest BCUT2D eigenvalue weighted by Crippen LogP contribution is -2.55. The molecule has 0 aliphatic carbocycles. The Morgan fingerprint density at radius 1 is 0.644 bits per heavy atom. The van der Waals surface area contributed by atoms with Crippen molar-refractivity contribution >= 4 is 5.97 Å². The maximum absolute atomic E-state index is 12.5. The quantitative estimate of drug-likeness (QED) is 0.153. The van der Waals surface area contributed by atoms with Crippen molar-refractivity contribution in [2.24, 2.45) is 0 Å². The number of benzene rings is 3. The largest absolute Gasteiger partial charge is 0.469 e. The third kappa shape index (κ3) is 6.67. The molecule has 45 heavy (non-hydrogen) atoms. The summed E-state index contributed by atoms with van der Waals surface area (Å²) in [7, 11) is 1.29. The number of carbonyl (C=O) groups is 1. The van der Waals surface area contributed by atoms with Gasteiger partial charge in [0.05, 0.1) is 26.7 Å². The predicted molar refractivity (Wildman–Crippen MR) is 158 cm³/mol. The molecular formula is C33H38O12. The van der Waals surface area contributed by atoms with Crippen molar-refractivity contribution in [1.29, 1.82) is 0 Å². The summed E-state index contributed by atoms with van der Waals surface area (Å²) in [6.07, 6.45) is -13.1. The molecule has 0 amide bonds. The minimum absolute atomic E-state index is 0.0731. The Balaban J connectivity index is 1.49. The van der Waals surface area contributed by atoms with Crippen LogP contribution >= 0.6 is 0 Å². The van der Waals surface area contributed by atoms with E-state index in [1.54, 1.807) is 36.4 Å². The number of methoxy groups -OCH3 is 1. The van der Waals surface area contributed by atoms with Crippen LogP contribution in [0.3, 0.4) is 0 Å². The highest BCUT2D eigenvalue weighted by molar-refractivity contribution is 5.81. The molecule has 0 radical (unpaired) electrons. The fourth-order valence-corrected chi connectivity index (χ4v) is 5.96. The summed E-state index contributed by atoms with van der Waals surface area (Å²) >= 11 is 0. The van der Waals surface area contributed by atoms with E-state index in [2.05, 4.69) is 0 Å². The van der Waals surface area contributed by atoms with Crippen molar-refractivity contribution in [1.82, 2.24) is 0 Å². The molecule has 2 saturated heterocycles.